The topological polar surface area (TPSA) is 79.5 Å². The largest absolute Gasteiger partial charge is 0.503 e. The van der Waals surface area contributed by atoms with Crippen molar-refractivity contribution in [2.24, 2.45) is 0 Å². The number of benzene rings is 1. The maximum Gasteiger partial charge on any atom is 0.335 e. The number of carboxylic acids is 1. The molecule has 2 rings (SSSR count). The fourth-order valence-corrected chi connectivity index (χ4v) is 1.92. The molecule has 2 N–H and O–H groups in total. The lowest BCUT2D eigenvalue weighted by Gasteiger charge is -2.07. The van der Waals surface area contributed by atoms with Crippen molar-refractivity contribution in [3.8, 4) is 5.75 Å². The molecule has 19 heavy (non-hydrogen) atoms. The standard InChI is InChI=1S/C13H10ClNO4/c14-10-5-11(16)12(17)15(7-10)6-8-2-1-3-9(4-8)13(18)19/h1-5,7,16H,6H2,(H,18,19). The van der Waals surface area contributed by atoms with Crippen LogP contribution in [0.3, 0.4) is 0 Å². The highest BCUT2D eigenvalue weighted by Gasteiger charge is 2.07. The molecule has 0 bridgehead atoms. The number of rotatable bonds is 3. The van der Waals surface area contributed by atoms with Crippen LogP contribution < -0.4 is 5.56 Å². The highest BCUT2D eigenvalue weighted by Crippen LogP contribution is 2.13. The smallest absolute Gasteiger partial charge is 0.335 e. The van der Waals surface area contributed by atoms with Crippen LogP contribution in [0, 0.1) is 0 Å². The predicted molar refractivity (Wildman–Crippen MR) is 69.9 cm³/mol. The van der Waals surface area contributed by atoms with E-state index in [9.17, 15) is 14.7 Å². The Hall–Kier alpha value is -2.27. The van der Waals surface area contributed by atoms with E-state index in [1.807, 2.05) is 0 Å². The summed E-state index contributed by atoms with van der Waals surface area (Å²) in [5.74, 6) is -1.48. The van der Waals surface area contributed by atoms with Crippen LogP contribution in [0.4, 0.5) is 0 Å². The summed E-state index contributed by atoms with van der Waals surface area (Å²) < 4.78 is 1.22. The van der Waals surface area contributed by atoms with Gasteiger partial charge in [0.25, 0.3) is 5.56 Å². The fourth-order valence-electron chi connectivity index (χ4n) is 1.70. The molecule has 0 atom stereocenters. The molecule has 0 saturated carbocycles. The van der Waals surface area contributed by atoms with E-state index < -0.39 is 17.3 Å². The molecule has 1 heterocycles. The molecule has 0 aliphatic rings. The molecule has 0 aliphatic heterocycles. The third-order valence-corrected chi connectivity index (χ3v) is 2.77. The number of aromatic hydroxyl groups is 1. The van der Waals surface area contributed by atoms with E-state index in [1.165, 1.54) is 22.9 Å². The summed E-state index contributed by atoms with van der Waals surface area (Å²) in [5, 5.41) is 18.5. The molecule has 1 aromatic heterocycles. The predicted octanol–water partition coefficient (Wildman–Crippen LogP) is 1.95. The minimum Gasteiger partial charge on any atom is -0.503 e. The van der Waals surface area contributed by atoms with Crippen LogP contribution in [0.2, 0.25) is 5.02 Å². The Kier molecular flexibility index (Phi) is 3.57. The van der Waals surface area contributed by atoms with Gasteiger partial charge in [-0.1, -0.05) is 23.7 Å². The number of nitrogens with zero attached hydrogens (tertiary/aromatic N) is 1. The fraction of sp³-hybridized carbons (Fsp3) is 0.0769. The Bertz CT molecular complexity index is 693. The van der Waals surface area contributed by atoms with Crippen molar-refractivity contribution >= 4 is 17.6 Å². The van der Waals surface area contributed by atoms with Gasteiger partial charge in [0.1, 0.15) is 0 Å². The monoisotopic (exact) mass is 279 g/mol. The average Bonchev–Trinajstić information content (AvgIpc) is 2.35. The second kappa shape index (κ2) is 5.16. The summed E-state index contributed by atoms with van der Waals surface area (Å²) in [5.41, 5.74) is 0.186. The first kappa shape index (κ1) is 13.2. The maximum atomic E-state index is 11.7. The van der Waals surface area contributed by atoms with E-state index in [0.717, 1.165) is 6.07 Å². The Labute approximate surface area is 113 Å². The number of hydrogen-bond donors (Lipinski definition) is 2. The molecule has 0 amide bonds. The minimum absolute atomic E-state index is 0.133. The normalized spacial score (nSPS) is 10.4. The molecule has 0 fully saturated rings. The van der Waals surface area contributed by atoms with Gasteiger partial charge in [0, 0.05) is 12.3 Å². The van der Waals surface area contributed by atoms with Crippen molar-refractivity contribution in [2.75, 3.05) is 0 Å². The SMILES string of the molecule is O=C(O)c1cccc(Cn2cc(Cl)cc(O)c2=O)c1. The summed E-state index contributed by atoms with van der Waals surface area (Å²) in [6.45, 7) is 0.133. The van der Waals surface area contributed by atoms with Crippen LogP contribution in [0.1, 0.15) is 15.9 Å². The van der Waals surface area contributed by atoms with Gasteiger partial charge in [0.2, 0.25) is 0 Å². The zero-order chi connectivity index (χ0) is 14.0. The van der Waals surface area contributed by atoms with Gasteiger partial charge in [-0.05, 0) is 17.7 Å². The van der Waals surface area contributed by atoms with Gasteiger partial charge in [0.15, 0.2) is 5.75 Å². The number of aromatic nitrogens is 1. The number of aromatic carboxylic acids is 1. The van der Waals surface area contributed by atoms with Crippen molar-refractivity contribution in [3.63, 3.8) is 0 Å². The average molecular weight is 280 g/mol. The Morgan fingerprint density at radius 3 is 2.74 bits per heavy atom. The molecule has 1 aromatic carbocycles. The maximum absolute atomic E-state index is 11.7. The van der Waals surface area contributed by atoms with Gasteiger partial charge in [-0.3, -0.25) is 4.79 Å². The number of pyridine rings is 1. The summed E-state index contributed by atoms with van der Waals surface area (Å²) in [6.07, 6.45) is 1.39. The summed E-state index contributed by atoms with van der Waals surface area (Å²) in [4.78, 5) is 22.5. The van der Waals surface area contributed by atoms with Crippen LogP contribution in [0.5, 0.6) is 5.75 Å². The third-order valence-electron chi connectivity index (χ3n) is 2.56. The van der Waals surface area contributed by atoms with Crippen LogP contribution in [-0.2, 0) is 6.54 Å². The van der Waals surface area contributed by atoms with Gasteiger partial charge < -0.3 is 14.8 Å². The van der Waals surface area contributed by atoms with Crippen molar-refractivity contribution in [1.29, 1.82) is 0 Å². The molecule has 5 nitrogen and oxygen atoms in total. The number of carbonyl (C=O) groups is 1. The van der Waals surface area contributed by atoms with E-state index in [2.05, 4.69) is 0 Å². The Morgan fingerprint density at radius 1 is 1.32 bits per heavy atom. The lowest BCUT2D eigenvalue weighted by molar-refractivity contribution is 0.0696. The molecular formula is C13H10ClNO4. The molecule has 2 aromatic rings. The van der Waals surface area contributed by atoms with Crippen LogP contribution in [0.15, 0.2) is 41.3 Å². The van der Waals surface area contributed by atoms with Crippen molar-refractivity contribution in [3.05, 3.63) is 63.0 Å². The van der Waals surface area contributed by atoms with Gasteiger partial charge in [-0.2, -0.15) is 0 Å². The number of hydrogen-bond acceptors (Lipinski definition) is 3. The highest BCUT2D eigenvalue weighted by atomic mass is 35.5. The van der Waals surface area contributed by atoms with E-state index >= 15 is 0 Å². The van der Waals surface area contributed by atoms with E-state index in [0.29, 0.717) is 5.56 Å². The number of carboxylic acid groups (broad SMARTS) is 1. The van der Waals surface area contributed by atoms with Crippen molar-refractivity contribution < 1.29 is 15.0 Å². The highest BCUT2D eigenvalue weighted by molar-refractivity contribution is 6.30. The molecule has 0 saturated heterocycles. The lowest BCUT2D eigenvalue weighted by atomic mass is 10.1. The second-order valence-corrected chi connectivity index (χ2v) is 4.42. The van der Waals surface area contributed by atoms with Crippen molar-refractivity contribution in [1.82, 2.24) is 4.57 Å². The Morgan fingerprint density at radius 2 is 2.05 bits per heavy atom. The minimum atomic E-state index is -1.04. The van der Waals surface area contributed by atoms with Gasteiger partial charge in [0.05, 0.1) is 17.1 Å². The summed E-state index contributed by atoms with van der Waals surface area (Å²) in [7, 11) is 0. The van der Waals surface area contributed by atoms with Gasteiger partial charge >= 0.3 is 5.97 Å². The number of halogens is 1. The Balaban J connectivity index is 2.39. The second-order valence-electron chi connectivity index (χ2n) is 3.98. The summed E-state index contributed by atoms with van der Waals surface area (Å²) >= 11 is 5.76. The van der Waals surface area contributed by atoms with E-state index in [4.69, 9.17) is 16.7 Å². The third kappa shape index (κ3) is 2.95. The molecule has 0 unspecified atom stereocenters. The van der Waals surface area contributed by atoms with Crippen LogP contribution in [-0.4, -0.2) is 20.7 Å². The molecule has 6 heteroatoms. The van der Waals surface area contributed by atoms with Crippen LogP contribution in [0.25, 0.3) is 0 Å². The van der Waals surface area contributed by atoms with E-state index in [1.54, 1.807) is 12.1 Å². The van der Waals surface area contributed by atoms with Gasteiger partial charge in [-0.25, -0.2) is 4.79 Å². The van der Waals surface area contributed by atoms with Crippen molar-refractivity contribution in [2.45, 2.75) is 6.54 Å². The first-order valence-electron chi connectivity index (χ1n) is 5.38. The zero-order valence-electron chi connectivity index (χ0n) is 9.71. The quantitative estimate of drug-likeness (QED) is 0.900. The molecule has 0 spiro atoms. The molecule has 98 valence electrons. The first-order valence-corrected chi connectivity index (χ1v) is 5.76. The van der Waals surface area contributed by atoms with Crippen LogP contribution >= 0.6 is 11.6 Å². The summed E-state index contributed by atoms with van der Waals surface area (Å²) in [6, 6.07) is 7.37. The molecular weight excluding hydrogens is 270 g/mol. The molecule has 0 aliphatic carbocycles. The van der Waals surface area contributed by atoms with Gasteiger partial charge in [-0.15, -0.1) is 0 Å². The lowest BCUT2D eigenvalue weighted by Crippen LogP contribution is -2.19. The first-order chi connectivity index (χ1) is 8.97. The van der Waals surface area contributed by atoms with E-state index in [-0.39, 0.29) is 17.1 Å². The zero-order valence-corrected chi connectivity index (χ0v) is 10.5. The molecule has 0 radical (unpaired) electrons.